The molecule has 1 heterocycles. The first-order valence-corrected chi connectivity index (χ1v) is 11.6. The SMILES string of the molecule is CN1CCc2cc(O)c(NS(=O)(=O)c3ccc(-c4ccc(Cl)cc4)cc3)cc2CC1.Cl. The molecule has 0 saturated heterocycles. The molecule has 31 heavy (non-hydrogen) atoms. The second kappa shape index (κ2) is 9.49. The van der Waals surface area contributed by atoms with Gasteiger partial charge >= 0.3 is 0 Å². The molecule has 0 atom stereocenters. The van der Waals surface area contributed by atoms with Crippen molar-refractivity contribution in [2.45, 2.75) is 17.7 Å². The minimum Gasteiger partial charge on any atom is -0.506 e. The Kier molecular flexibility index (Phi) is 7.17. The van der Waals surface area contributed by atoms with Crippen molar-refractivity contribution in [3.63, 3.8) is 0 Å². The molecule has 2 N–H and O–H groups in total. The van der Waals surface area contributed by atoms with Crippen LogP contribution in [0.4, 0.5) is 5.69 Å². The topological polar surface area (TPSA) is 69.6 Å². The van der Waals surface area contributed by atoms with E-state index in [0.29, 0.717) is 5.02 Å². The number of aromatic hydroxyl groups is 1. The predicted molar refractivity (Wildman–Crippen MR) is 128 cm³/mol. The fraction of sp³-hybridized carbons (Fsp3) is 0.217. The van der Waals surface area contributed by atoms with Crippen molar-refractivity contribution in [2.75, 3.05) is 24.9 Å². The molecule has 0 fully saturated rings. The average Bonchev–Trinajstić information content (AvgIpc) is 2.90. The van der Waals surface area contributed by atoms with Gasteiger partial charge in [-0.15, -0.1) is 12.4 Å². The third-order valence-electron chi connectivity index (χ3n) is 5.43. The maximum absolute atomic E-state index is 12.9. The summed E-state index contributed by atoms with van der Waals surface area (Å²) >= 11 is 5.92. The Balaban J connectivity index is 0.00000272. The fourth-order valence-corrected chi connectivity index (χ4v) is 4.82. The van der Waals surface area contributed by atoms with E-state index >= 15 is 0 Å². The molecule has 8 heteroatoms. The lowest BCUT2D eigenvalue weighted by molar-refractivity contribution is 0.352. The number of phenols is 1. The van der Waals surface area contributed by atoms with E-state index in [1.165, 1.54) is 0 Å². The van der Waals surface area contributed by atoms with Crippen LogP contribution in [0.5, 0.6) is 5.75 Å². The molecular weight excluding hydrogens is 455 g/mol. The molecule has 3 aromatic carbocycles. The maximum atomic E-state index is 12.9. The highest BCUT2D eigenvalue weighted by Crippen LogP contribution is 2.32. The fourth-order valence-electron chi connectivity index (χ4n) is 3.63. The van der Waals surface area contributed by atoms with Crippen LogP contribution >= 0.6 is 24.0 Å². The lowest BCUT2D eigenvalue weighted by atomic mass is 10.0. The zero-order chi connectivity index (χ0) is 21.3. The molecule has 0 amide bonds. The van der Waals surface area contributed by atoms with Crippen molar-refractivity contribution >= 4 is 39.7 Å². The van der Waals surface area contributed by atoms with E-state index in [9.17, 15) is 13.5 Å². The molecule has 0 saturated carbocycles. The van der Waals surface area contributed by atoms with Crippen LogP contribution in [0.2, 0.25) is 5.02 Å². The third-order valence-corrected chi connectivity index (χ3v) is 7.06. The monoisotopic (exact) mass is 478 g/mol. The zero-order valence-corrected chi connectivity index (χ0v) is 19.4. The normalized spacial score (nSPS) is 14.3. The van der Waals surface area contributed by atoms with E-state index in [0.717, 1.165) is 48.2 Å². The predicted octanol–water partition coefficient (Wildman–Crippen LogP) is 4.97. The number of nitrogens with zero attached hydrogens (tertiary/aromatic N) is 1. The lowest BCUT2D eigenvalue weighted by Gasteiger charge is -2.14. The van der Waals surface area contributed by atoms with Gasteiger partial charge in [0.25, 0.3) is 10.0 Å². The van der Waals surface area contributed by atoms with Crippen molar-refractivity contribution < 1.29 is 13.5 Å². The second-order valence-corrected chi connectivity index (χ2v) is 9.70. The van der Waals surface area contributed by atoms with E-state index in [1.54, 1.807) is 48.5 Å². The van der Waals surface area contributed by atoms with Gasteiger partial charge < -0.3 is 10.0 Å². The van der Waals surface area contributed by atoms with Crippen LogP contribution in [0.15, 0.2) is 65.6 Å². The number of sulfonamides is 1. The third kappa shape index (κ3) is 5.33. The van der Waals surface area contributed by atoms with E-state index in [2.05, 4.69) is 16.7 Å². The molecule has 0 unspecified atom stereocenters. The average molecular weight is 479 g/mol. The minimum atomic E-state index is -3.83. The minimum absolute atomic E-state index is 0. The summed E-state index contributed by atoms with van der Waals surface area (Å²) in [6.45, 7) is 1.81. The number of rotatable bonds is 4. The molecule has 0 aliphatic carbocycles. The van der Waals surface area contributed by atoms with Gasteiger partial charge in [0.2, 0.25) is 0 Å². The van der Waals surface area contributed by atoms with Crippen LogP contribution in [0.25, 0.3) is 11.1 Å². The Bertz CT molecular complexity index is 1160. The molecule has 164 valence electrons. The summed E-state index contributed by atoms with van der Waals surface area (Å²) in [5, 5.41) is 11.0. The number of benzene rings is 3. The highest BCUT2D eigenvalue weighted by atomic mass is 35.5. The Morgan fingerprint density at radius 2 is 1.42 bits per heavy atom. The van der Waals surface area contributed by atoms with Crippen LogP contribution in [0.1, 0.15) is 11.1 Å². The number of halogens is 2. The van der Waals surface area contributed by atoms with E-state index in [-0.39, 0.29) is 28.7 Å². The van der Waals surface area contributed by atoms with Gasteiger partial charge in [-0.05, 0) is 78.5 Å². The van der Waals surface area contributed by atoms with Crippen LogP contribution in [0.3, 0.4) is 0 Å². The van der Waals surface area contributed by atoms with Crippen molar-refractivity contribution in [1.29, 1.82) is 0 Å². The molecule has 5 nitrogen and oxygen atoms in total. The highest BCUT2D eigenvalue weighted by molar-refractivity contribution is 7.92. The van der Waals surface area contributed by atoms with Crippen molar-refractivity contribution in [3.05, 3.63) is 76.8 Å². The summed E-state index contributed by atoms with van der Waals surface area (Å²) in [4.78, 5) is 2.36. The number of anilines is 1. The van der Waals surface area contributed by atoms with Crippen molar-refractivity contribution in [3.8, 4) is 16.9 Å². The van der Waals surface area contributed by atoms with Crippen LogP contribution in [-0.2, 0) is 22.9 Å². The molecule has 0 bridgehead atoms. The van der Waals surface area contributed by atoms with Gasteiger partial charge in [-0.25, -0.2) is 8.42 Å². The summed E-state index contributed by atoms with van der Waals surface area (Å²) in [5.74, 6) is -0.0559. The molecule has 1 aliphatic heterocycles. The lowest BCUT2D eigenvalue weighted by Crippen LogP contribution is -2.20. The van der Waals surface area contributed by atoms with Crippen LogP contribution in [0, 0.1) is 0 Å². The Morgan fingerprint density at radius 1 is 0.903 bits per heavy atom. The molecule has 0 spiro atoms. The number of phenolic OH excluding ortho intramolecular Hbond substituents is 1. The molecule has 0 aromatic heterocycles. The molecular formula is C23H24Cl2N2O3S. The Hall–Kier alpha value is -2.25. The van der Waals surface area contributed by atoms with Gasteiger partial charge in [-0.1, -0.05) is 35.9 Å². The van der Waals surface area contributed by atoms with Crippen molar-refractivity contribution in [2.24, 2.45) is 0 Å². The van der Waals surface area contributed by atoms with Gasteiger partial charge in [0, 0.05) is 18.1 Å². The first kappa shape index (κ1) is 23.4. The first-order chi connectivity index (χ1) is 14.3. The number of hydrogen-bond acceptors (Lipinski definition) is 4. The maximum Gasteiger partial charge on any atom is 0.262 e. The first-order valence-electron chi connectivity index (χ1n) is 9.74. The Morgan fingerprint density at radius 3 is 2.00 bits per heavy atom. The Labute approximate surface area is 194 Å². The van der Waals surface area contributed by atoms with Crippen LogP contribution < -0.4 is 4.72 Å². The van der Waals surface area contributed by atoms with Gasteiger partial charge in [0.15, 0.2) is 0 Å². The second-order valence-electron chi connectivity index (χ2n) is 7.58. The van der Waals surface area contributed by atoms with Crippen molar-refractivity contribution in [1.82, 2.24) is 4.90 Å². The van der Waals surface area contributed by atoms with E-state index < -0.39 is 10.0 Å². The van der Waals surface area contributed by atoms with Gasteiger partial charge in [0.1, 0.15) is 5.75 Å². The number of nitrogens with one attached hydrogen (secondary N) is 1. The number of fused-ring (bicyclic) bond motifs is 1. The number of hydrogen-bond donors (Lipinski definition) is 2. The molecule has 4 rings (SSSR count). The standard InChI is InChI=1S/C23H23ClN2O3S.ClH/c1-26-12-10-18-14-22(23(27)15-19(18)11-13-26)25-30(28,29)21-8-4-17(5-9-21)16-2-6-20(24)7-3-16;/h2-9,14-15,25,27H,10-13H2,1H3;1H. The highest BCUT2D eigenvalue weighted by Gasteiger charge is 2.19. The largest absolute Gasteiger partial charge is 0.506 e. The molecule has 0 radical (unpaired) electrons. The summed E-state index contributed by atoms with van der Waals surface area (Å²) in [6, 6.07) is 17.4. The number of likely N-dealkylation sites (N-methyl/N-ethyl adjacent to an activating group) is 1. The summed E-state index contributed by atoms with van der Waals surface area (Å²) in [7, 11) is -1.77. The summed E-state index contributed by atoms with van der Waals surface area (Å²) < 4.78 is 28.3. The molecule has 3 aromatic rings. The summed E-state index contributed by atoms with van der Waals surface area (Å²) in [6.07, 6.45) is 1.65. The van der Waals surface area contributed by atoms with Gasteiger partial charge in [-0.3, -0.25) is 4.72 Å². The van der Waals surface area contributed by atoms with Crippen LogP contribution in [-0.4, -0.2) is 38.6 Å². The zero-order valence-electron chi connectivity index (χ0n) is 17.0. The van der Waals surface area contributed by atoms with E-state index in [4.69, 9.17) is 11.6 Å². The quantitative estimate of drug-likeness (QED) is 0.519. The van der Waals surface area contributed by atoms with Gasteiger partial charge in [0.05, 0.1) is 10.6 Å². The van der Waals surface area contributed by atoms with Gasteiger partial charge in [-0.2, -0.15) is 0 Å². The summed E-state index contributed by atoms with van der Waals surface area (Å²) in [5.41, 5.74) is 4.17. The smallest absolute Gasteiger partial charge is 0.262 e. The van der Waals surface area contributed by atoms with E-state index in [1.807, 2.05) is 12.1 Å². The molecule has 1 aliphatic rings.